The summed E-state index contributed by atoms with van der Waals surface area (Å²) in [4.78, 5) is 12.4. The molecule has 3 nitrogen and oxygen atoms in total. The number of hydrogen-bond acceptors (Lipinski definition) is 5. The Bertz CT molecular complexity index is 368. The van der Waals surface area contributed by atoms with Crippen LogP contribution >= 0.6 is 34.7 Å². The standard InChI is InChI=1S/C11H16ClNO2S2/c1-3-15-10(14)6-16-11(7(2)13)8-4-5-9(12)17-8/h4-5,7,11H,3,6,13H2,1-2H3. The molecule has 1 aromatic rings. The molecule has 0 amide bonds. The Morgan fingerprint density at radius 1 is 1.65 bits per heavy atom. The Kier molecular flexibility index (Phi) is 6.33. The van der Waals surface area contributed by atoms with Gasteiger partial charge in [-0.05, 0) is 26.0 Å². The summed E-state index contributed by atoms with van der Waals surface area (Å²) in [6, 6.07) is 3.77. The maximum atomic E-state index is 11.3. The molecule has 0 aromatic carbocycles. The van der Waals surface area contributed by atoms with Gasteiger partial charge < -0.3 is 10.5 Å². The first-order chi connectivity index (χ1) is 8.04. The summed E-state index contributed by atoms with van der Waals surface area (Å²) in [5.74, 6) is 0.112. The summed E-state index contributed by atoms with van der Waals surface area (Å²) in [6.07, 6.45) is 0. The molecule has 1 aromatic heterocycles. The average molecular weight is 294 g/mol. The number of nitrogens with two attached hydrogens (primary N) is 1. The van der Waals surface area contributed by atoms with Crippen molar-refractivity contribution in [1.29, 1.82) is 0 Å². The average Bonchev–Trinajstić information content (AvgIpc) is 2.65. The van der Waals surface area contributed by atoms with Crippen LogP contribution in [0.1, 0.15) is 24.0 Å². The highest BCUT2D eigenvalue weighted by molar-refractivity contribution is 8.00. The first-order valence-corrected chi connectivity index (χ1v) is 7.57. The topological polar surface area (TPSA) is 52.3 Å². The molecule has 0 fully saturated rings. The molecule has 0 spiro atoms. The molecule has 6 heteroatoms. The number of carbonyl (C=O) groups is 1. The number of thioether (sulfide) groups is 1. The second-order valence-electron chi connectivity index (χ2n) is 3.54. The van der Waals surface area contributed by atoms with Crippen molar-refractivity contribution < 1.29 is 9.53 Å². The van der Waals surface area contributed by atoms with E-state index in [9.17, 15) is 4.79 Å². The van der Waals surface area contributed by atoms with E-state index in [0.717, 1.165) is 9.21 Å². The van der Waals surface area contributed by atoms with Gasteiger partial charge in [-0.15, -0.1) is 23.1 Å². The first kappa shape index (κ1) is 14.8. The maximum absolute atomic E-state index is 11.3. The molecule has 2 atom stereocenters. The molecular formula is C11H16ClNO2S2. The molecule has 0 bridgehead atoms. The Morgan fingerprint density at radius 2 is 2.35 bits per heavy atom. The number of thiophene rings is 1. The molecular weight excluding hydrogens is 278 g/mol. The fourth-order valence-electron chi connectivity index (χ4n) is 1.33. The zero-order valence-corrected chi connectivity index (χ0v) is 12.2. The minimum Gasteiger partial charge on any atom is -0.465 e. The maximum Gasteiger partial charge on any atom is 0.315 e. The van der Waals surface area contributed by atoms with Crippen molar-refractivity contribution in [2.24, 2.45) is 5.73 Å². The Hall–Kier alpha value is -0.230. The number of hydrogen-bond donors (Lipinski definition) is 1. The van der Waals surface area contributed by atoms with Crippen molar-refractivity contribution in [2.45, 2.75) is 25.1 Å². The lowest BCUT2D eigenvalue weighted by molar-refractivity contribution is -0.139. The Balaban J connectivity index is 2.58. The molecule has 96 valence electrons. The Morgan fingerprint density at radius 3 is 2.82 bits per heavy atom. The van der Waals surface area contributed by atoms with Crippen LogP contribution in [-0.2, 0) is 9.53 Å². The van der Waals surface area contributed by atoms with Crippen LogP contribution in [-0.4, -0.2) is 24.4 Å². The fraction of sp³-hybridized carbons (Fsp3) is 0.545. The van der Waals surface area contributed by atoms with E-state index in [0.29, 0.717) is 12.4 Å². The number of esters is 1. The smallest absolute Gasteiger partial charge is 0.315 e. The fourth-order valence-corrected chi connectivity index (χ4v) is 3.79. The largest absolute Gasteiger partial charge is 0.465 e. The predicted octanol–water partition coefficient (Wildman–Crippen LogP) is 3.09. The van der Waals surface area contributed by atoms with E-state index in [2.05, 4.69) is 0 Å². The van der Waals surface area contributed by atoms with Gasteiger partial charge in [-0.1, -0.05) is 11.6 Å². The second-order valence-corrected chi connectivity index (χ2v) is 6.41. The zero-order chi connectivity index (χ0) is 12.8. The molecule has 1 rings (SSSR count). The molecule has 17 heavy (non-hydrogen) atoms. The van der Waals surface area contributed by atoms with Crippen LogP contribution in [0, 0.1) is 0 Å². The van der Waals surface area contributed by atoms with Crippen LogP contribution in [0.5, 0.6) is 0 Å². The highest BCUT2D eigenvalue weighted by Crippen LogP contribution is 2.37. The van der Waals surface area contributed by atoms with Crippen molar-refractivity contribution in [3.05, 3.63) is 21.3 Å². The van der Waals surface area contributed by atoms with Gasteiger partial charge >= 0.3 is 5.97 Å². The first-order valence-electron chi connectivity index (χ1n) is 5.32. The van der Waals surface area contributed by atoms with Gasteiger partial charge in [0, 0.05) is 10.9 Å². The third-order valence-electron chi connectivity index (χ3n) is 2.04. The lowest BCUT2D eigenvalue weighted by Gasteiger charge is -2.18. The molecule has 0 aliphatic carbocycles. The van der Waals surface area contributed by atoms with Crippen LogP contribution in [0.2, 0.25) is 4.34 Å². The highest BCUT2D eigenvalue weighted by atomic mass is 35.5. The lowest BCUT2D eigenvalue weighted by Crippen LogP contribution is -2.23. The van der Waals surface area contributed by atoms with Gasteiger partial charge in [0.2, 0.25) is 0 Å². The van der Waals surface area contributed by atoms with E-state index in [1.165, 1.54) is 23.1 Å². The minimum absolute atomic E-state index is 0.0378. The van der Waals surface area contributed by atoms with E-state index in [-0.39, 0.29) is 17.3 Å². The van der Waals surface area contributed by atoms with E-state index in [1.807, 2.05) is 19.1 Å². The van der Waals surface area contributed by atoms with Crippen LogP contribution in [0.4, 0.5) is 0 Å². The zero-order valence-electron chi connectivity index (χ0n) is 9.81. The van der Waals surface area contributed by atoms with Gasteiger partial charge in [-0.2, -0.15) is 0 Å². The summed E-state index contributed by atoms with van der Waals surface area (Å²) >= 11 is 8.90. The molecule has 0 saturated carbocycles. The normalized spacial score (nSPS) is 14.4. The number of carbonyl (C=O) groups excluding carboxylic acids is 1. The van der Waals surface area contributed by atoms with Gasteiger partial charge in [0.05, 0.1) is 21.9 Å². The third-order valence-corrected chi connectivity index (χ3v) is 4.95. The molecule has 1 heterocycles. The minimum atomic E-state index is -0.203. The number of halogens is 1. The molecule has 2 unspecified atom stereocenters. The van der Waals surface area contributed by atoms with E-state index >= 15 is 0 Å². The van der Waals surface area contributed by atoms with Crippen molar-refractivity contribution in [3.8, 4) is 0 Å². The van der Waals surface area contributed by atoms with Gasteiger partial charge in [-0.25, -0.2) is 0 Å². The van der Waals surface area contributed by atoms with E-state index in [4.69, 9.17) is 22.1 Å². The summed E-state index contributed by atoms with van der Waals surface area (Å²) in [5, 5.41) is 0.0805. The van der Waals surface area contributed by atoms with Crippen LogP contribution in [0.3, 0.4) is 0 Å². The summed E-state index contributed by atoms with van der Waals surface area (Å²) < 4.78 is 5.63. The van der Waals surface area contributed by atoms with Crippen molar-refractivity contribution in [2.75, 3.05) is 12.4 Å². The van der Waals surface area contributed by atoms with Crippen LogP contribution < -0.4 is 5.73 Å². The summed E-state index contributed by atoms with van der Waals surface area (Å²) in [7, 11) is 0. The van der Waals surface area contributed by atoms with Gasteiger partial charge in [0.1, 0.15) is 0 Å². The van der Waals surface area contributed by atoms with Crippen molar-refractivity contribution in [1.82, 2.24) is 0 Å². The van der Waals surface area contributed by atoms with Crippen LogP contribution in [0.15, 0.2) is 12.1 Å². The van der Waals surface area contributed by atoms with Gasteiger partial charge in [-0.3, -0.25) is 4.79 Å². The molecule has 0 radical (unpaired) electrons. The SMILES string of the molecule is CCOC(=O)CSC(c1ccc(Cl)s1)C(C)N. The van der Waals surface area contributed by atoms with Gasteiger partial charge in [0.25, 0.3) is 0 Å². The van der Waals surface area contributed by atoms with Crippen LogP contribution in [0.25, 0.3) is 0 Å². The summed E-state index contributed by atoms with van der Waals surface area (Å²) in [5.41, 5.74) is 5.93. The third kappa shape index (κ3) is 4.87. The molecule has 0 aliphatic heterocycles. The Labute approximate surface area is 115 Å². The quantitative estimate of drug-likeness (QED) is 0.819. The van der Waals surface area contributed by atoms with E-state index in [1.54, 1.807) is 6.92 Å². The van der Waals surface area contributed by atoms with Crippen molar-refractivity contribution >= 4 is 40.7 Å². The lowest BCUT2D eigenvalue weighted by atomic mass is 10.2. The number of ether oxygens (including phenoxy) is 1. The molecule has 0 saturated heterocycles. The van der Waals surface area contributed by atoms with Gasteiger partial charge in [0.15, 0.2) is 0 Å². The predicted molar refractivity (Wildman–Crippen MR) is 74.8 cm³/mol. The number of rotatable bonds is 6. The second kappa shape index (κ2) is 7.26. The molecule has 2 N–H and O–H groups in total. The van der Waals surface area contributed by atoms with E-state index < -0.39 is 0 Å². The summed E-state index contributed by atoms with van der Waals surface area (Å²) in [6.45, 7) is 4.13. The molecule has 0 aliphatic rings. The monoisotopic (exact) mass is 293 g/mol. The van der Waals surface area contributed by atoms with Crippen molar-refractivity contribution in [3.63, 3.8) is 0 Å². The highest BCUT2D eigenvalue weighted by Gasteiger charge is 2.20.